The first-order valence-electron chi connectivity index (χ1n) is 9.55. The van der Waals surface area contributed by atoms with E-state index in [1.165, 1.54) is 10.3 Å². The van der Waals surface area contributed by atoms with E-state index in [4.69, 9.17) is 9.72 Å². The van der Waals surface area contributed by atoms with Crippen LogP contribution in [-0.2, 0) is 0 Å². The number of piperazine rings is 1. The summed E-state index contributed by atoms with van der Waals surface area (Å²) in [6.07, 6.45) is 4.46. The first kappa shape index (κ1) is 18.0. The Balaban J connectivity index is 1.36. The van der Waals surface area contributed by atoms with E-state index in [0.717, 1.165) is 49.1 Å². The fourth-order valence-electron chi connectivity index (χ4n) is 3.34. The first-order valence-corrected chi connectivity index (χ1v) is 10.4. The lowest BCUT2D eigenvalue weighted by Crippen LogP contribution is -2.46. The summed E-state index contributed by atoms with van der Waals surface area (Å²) in [6.45, 7) is 7.84. The molecule has 0 aliphatic carbocycles. The van der Waals surface area contributed by atoms with Gasteiger partial charge < -0.3 is 9.64 Å². The lowest BCUT2D eigenvalue weighted by atomic mass is 10.2. The van der Waals surface area contributed by atoms with Gasteiger partial charge in [0.15, 0.2) is 5.13 Å². The molecule has 140 valence electrons. The zero-order valence-electron chi connectivity index (χ0n) is 15.7. The van der Waals surface area contributed by atoms with Crippen LogP contribution in [0.4, 0.5) is 5.13 Å². The normalized spacial score (nSPS) is 15.7. The molecule has 4 rings (SSSR count). The highest BCUT2D eigenvalue weighted by molar-refractivity contribution is 7.22. The minimum absolute atomic E-state index is 0.668. The Morgan fingerprint density at radius 3 is 2.63 bits per heavy atom. The van der Waals surface area contributed by atoms with Crippen LogP contribution in [0.15, 0.2) is 54.6 Å². The van der Waals surface area contributed by atoms with Gasteiger partial charge in [-0.1, -0.05) is 59.9 Å². The van der Waals surface area contributed by atoms with Crippen molar-refractivity contribution in [3.8, 4) is 5.75 Å². The maximum absolute atomic E-state index is 5.73. The van der Waals surface area contributed by atoms with E-state index in [-0.39, 0.29) is 0 Å². The van der Waals surface area contributed by atoms with Crippen molar-refractivity contribution in [2.45, 2.75) is 6.92 Å². The highest BCUT2D eigenvalue weighted by atomic mass is 32.1. The van der Waals surface area contributed by atoms with Crippen molar-refractivity contribution in [1.82, 2.24) is 9.88 Å². The van der Waals surface area contributed by atoms with E-state index in [2.05, 4.69) is 58.4 Å². The molecule has 2 aromatic carbocycles. The topological polar surface area (TPSA) is 28.6 Å². The van der Waals surface area contributed by atoms with Crippen LogP contribution >= 0.6 is 11.3 Å². The summed E-state index contributed by atoms with van der Waals surface area (Å²) in [7, 11) is 0. The molecule has 0 amide bonds. The molecule has 0 unspecified atom stereocenters. The fraction of sp³-hybridized carbons (Fsp3) is 0.318. The quantitative estimate of drug-likeness (QED) is 0.629. The Bertz CT molecular complexity index is 898. The van der Waals surface area contributed by atoms with Gasteiger partial charge in [-0.3, -0.25) is 4.90 Å². The highest BCUT2D eigenvalue weighted by Crippen LogP contribution is 2.34. The zero-order chi connectivity index (χ0) is 18.5. The lowest BCUT2D eigenvalue weighted by Gasteiger charge is -2.33. The molecule has 1 aliphatic heterocycles. The highest BCUT2D eigenvalue weighted by Gasteiger charge is 2.20. The molecule has 1 fully saturated rings. The minimum Gasteiger partial charge on any atom is -0.492 e. The van der Waals surface area contributed by atoms with Gasteiger partial charge in [0.1, 0.15) is 11.3 Å². The van der Waals surface area contributed by atoms with Crippen molar-refractivity contribution in [1.29, 1.82) is 0 Å². The van der Waals surface area contributed by atoms with Crippen molar-refractivity contribution in [2.75, 3.05) is 44.2 Å². The number of anilines is 1. The second-order valence-electron chi connectivity index (χ2n) is 6.63. The molecule has 0 N–H and O–H groups in total. The van der Waals surface area contributed by atoms with E-state index in [1.807, 2.05) is 19.1 Å². The van der Waals surface area contributed by atoms with Gasteiger partial charge in [0.05, 0.1) is 11.3 Å². The van der Waals surface area contributed by atoms with Crippen molar-refractivity contribution in [3.63, 3.8) is 0 Å². The molecular formula is C22H25N3OS. The molecule has 0 saturated carbocycles. The average Bonchev–Trinajstić information content (AvgIpc) is 3.15. The van der Waals surface area contributed by atoms with Crippen molar-refractivity contribution < 1.29 is 4.74 Å². The van der Waals surface area contributed by atoms with E-state index < -0.39 is 0 Å². The van der Waals surface area contributed by atoms with Gasteiger partial charge in [-0.05, 0) is 24.6 Å². The first-order chi connectivity index (χ1) is 13.3. The molecule has 27 heavy (non-hydrogen) atoms. The lowest BCUT2D eigenvalue weighted by molar-refractivity contribution is 0.284. The van der Waals surface area contributed by atoms with Crippen LogP contribution in [0.25, 0.3) is 16.3 Å². The predicted molar refractivity (Wildman–Crippen MR) is 115 cm³/mol. The minimum atomic E-state index is 0.668. The second kappa shape index (κ2) is 8.55. The maximum atomic E-state index is 5.73. The molecule has 0 spiro atoms. The molecule has 0 radical (unpaired) electrons. The number of thiazole rings is 1. The molecule has 0 bridgehead atoms. The average molecular weight is 380 g/mol. The number of benzene rings is 2. The number of rotatable bonds is 6. The van der Waals surface area contributed by atoms with Gasteiger partial charge in [-0.25, -0.2) is 4.98 Å². The molecule has 1 aliphatic rings. The third kappa shape index (κ3) is 4.31. The zero-order valence-corrected chi connectivity index (χ0v) is 16.5. The summed E-state index contributed by atoms with van der Waals surface area (Å²) >= 11 is 1.76. The standard InChI is InChI=1S/C22H25N3OS/c1-2-26-19-11-6-12-20-21(19)23-22(27-20)25-16-14-24(15-17-25)13-7-10-18-8-4-3-5-9-18/h3-12H,2,13-17H2,1H3/b10-7+. The summed E-state index contributed by atoms with van der Waals surface area (Å²) in [5.74, 6) is 0.891. The Kier molecular flexibility index (Phi) is 5.70. The third-order valence-electron chi connectivity index (χ3n) is 4.79. The van der Waals surface area contributed by atoms with Crippen LogP contribution in [0.5, 0.6) is 5.75 Å². The molecule has 1 aromatic heterocycles. The van der Waals surface area contributed by atoms with Gasteiger partial charge in [0, 0.05) is 32.7 Å². The molecule has 1 saturated heterocycles. The van der Waals surface area contributed by atoms with Crippen molar-refractivity contribution in [3.05, 3.63) is 60.2 Å². The summed E-state index contributed by atoms with van der Waals surface area (Å²) < 4.78 is 6.93. The number of nitrogens with zero attached hydrogens (tertiary/aromatic N) is 3. The van der Waals surface area contributed by atoms with Crippen molar-refractivity contribution >= 4 is 32.8 Å². The largest absolute Gasteiger partial charge is 0.492 e. The second-order valence-corrected chi connectivity index (χ2v) is 7.64. The van der Waals surface area contributed by atoms with Crippen LogP contribution < -0.4 is 9.64 Å². The Morgan fingerprint density at radius 1 is 1.04 bits per heavy atom. The van der Waals surface area contributed by atoms with Gasteiger partial charge >= 0.3 is 0 Å². The number of aromatic nitrogens is 1. The summed E-state index contributed by atoms with van der Waals surface area (Å²) in [4.78, 5) is 9.76. The number of fused-ring (bicyclic) bond motifs is 1. The molecule has 3 aromatic rings. The third-order valence-corrected chi connectivity index (χ3v) is 5.87. The van der Waals surface area contributed by atoms with Crippen LogP contribution in [-0.4, -0.2) is 49.2 Å². The van der Waals surface area contributed by atoms with Crippen molar-refractivity contribution in [2.24, 2.45) is 0 Å². The molecule has 5 heteroatoms. The molecule has 4 nitrogen and oxygen atoms in total. The van der Waals surface area contributed by atoms with Crippen LogP contribution in [0.2, 0.25) is 0 Å². The van der Waals surface area contributed by atoms with Crippen LogP contribution in [0.3, 0.4) is 0 Å². The summed E-state index contributed by atoms with van der Waals surface area (Å²) in [6, 6.07) is 16.7. The molecular weight excluding hydrogens is 354 g/mol. The number of hydrogen-bond acceptors (Lipinski definition) is 5. The number of ether oxygens (including phenoxy) is 1. The van der Waals surface area contributed by atoms with Gasteiger partial charge in [-0.2, -0.15) is 0 Å². The van der Waals surface area contributed by atoms with Crippen LogP contribution in [0, 0.1) is 0 Å². The van der Waals surface area contributed by atoms with Gasteiger partial charge in [0.25, 0.3) is 0 Å². The van der Waals surface area contributed by atoms with E-state index in [9.17, 15) is 0 Å². The Morgan fingerprint density at radius 2 is 1.85 bits per heavy atom. The summed E-state index contributed by atoms with van der Waals surface area (Å²) in [5, 5.41) is 1.11. The maximum Gasteiger partial charge on any atom is 0.186 e. The van der Waals surface area contributed by atoms with Crippen LogP contribution in [0.1, 0.15) is 12.5 Å². The van der Waals surface area contributed by atoms with E-state index in [1.54, 1.807) is 11.3 Å². The molecule has 2 heterocycles. The Hall–Kier alpha value is -2.37. The number of hydrogen-bond donors (Lipinski definition) is 0. The fourth-order valence-corrected chi connectivity index (χ4v) is 4.38. The Labute approximate surface area is 164 Å². The molecule has 0 atom stereocenters. The number of para-hydroxylation sites is 1. The SMILES string of the molecule is CCOc1cccc2sc(N3CCN(C/C=C/c4ccccc4)CC3)nc12. The predicted octanol–water partition coefficient (Wildman–Crippen LogP) is 4.53. The smallest absolute Gasteiger partial charge is 0.186 e. The summed E-state index contributed by atoms with van der Waals surface area (Å²) in [5.41, 5.74) is 2.25. The van der Waals surface area contributed by atoms with Gasteiger partial charge in [0.2, 0.25) is 0 Å². The van der Waals surface area contributed by atoms with E-state index >= 15 is 0 Å². The van der Waals surface area contributed by atoms with Gasteiger partial charge in [-0.15, -0.1) is 0 Å². The monoisotopic (exact) mass is 379 g/mol. The van der Waals surface area contributed by atoms with E-state index in [0.29, 0.717) is 6.61 Å².